The SMILES string of the molecule is CC(C)=CCCC(C)C1CCC2(C)C3=C(CCC12C)C1(C)CCC(O)C(C)(C)C1CC3.CCC(C)C1OC2(C=CC1C)CC1CC(CC=C(C)C(OC3CC(OC)C(OC4CC(OC)C(O)C(C)O4)C(C)O3)C(C)C=CC=C3COC4C(O)C(C)=CC(C(=O)O1)C34O)O2. The van der Waals surface area contributed by atoms with E-state index in [9.17, 15) is 25.2 Å². The van der Waals surface area contributed by atoms with Crippen molar-refractivity contribution in [3.8, 4) is 0 Å². The molecule has 0 aromatic carbocycles. The minimum atomic E-state index is -1.84. The number of rotatable bonds is 12. The van der Waals surface area contributed by atoms with Gasteiger partial charge in [-0.2, -0.15) is 0 Å². The molecule has 11 rings (SSSR count). The third kappa shape index (κ3) is 14.0. The highest BCUT2D eigenvalue weighted by Gasteiger charge is 2.64. The fourth-order valence-electron chi connectivity index (χ4n) is 20.0. The number of ether oxygens (including phenoxy) is 10. The van der Waals surface area contributed by atoms with Crippen molar-refractivity contribution >= 4 is 5.97 Å². The quantitative estimate of drug-likeness (QED) is 0.107. The molecule has 11 aliphatic rings. The first-order valence-electron chi connectivity index (χ1n) is 36.3. The molecule has 2 bridgehead atoms. The van der Waals surface area contributed by atoms with Crippen LogP contribution >= 0.6 is 0 Å². The summed E-state index contributed by atoms with van der Waals surface area (Å²) >= 11 is 0. The molecule has 27 atom stereocenters. The average molecular weight is 1300 g/mol. The van der Waals surface area contributed by atoms with Crippen LogP contribution in [0.4, 0.5) is 0 Å². The second kappa shape index (κ2) is 28.8. The monoisotopic (exact) mass is 1300 g/mol. The van der Waals surface area contributed by atoms with E-state index in [-0.39, 0.29) is 54.2 Å². The van der Waals surface area contributed by atoms with Crippen LogP contribution in [0.5, 0.6) is 0 Å². The fourth-order valence-corrected chi connectivity index (χ4v) is 20.0. The summed E-state index contributed by atoms with van der Waals surface area (Å²) in [6.07, 6.45) is 23.7. The number of fused-ring (bicyclic) bond motifs is 6. The topological polar surface area (TPSA) is 190 Å². The van der Waals surface area contributed by atoms with Crippen molar-refractivity contribution in [2.45, 2.75) is 317 Å². The molecule has 15 heteroatoms. The fraction of sp³-hybridized carbons (Fsp3) is 0.808. The number of aliphatic hydroxyl groups excluding tert-OH is 3. The zero-order chi connectivity index (χ0) is 67.5. The highest BCUT2D eigenvalue weighted by Crippen LogP contribution is 2.72. The maximum Gasteiger partial charge on any atom is 0.316 e. The minimum absolute atomic E-state index is 0.0317. The Bertz CT molecular complexity index is 2850. The second-order valence-electron chi connectivity index (χ2n) is 32.5. The van der Waals surface area contributed by atoms with E-state index in [4.69, 9.17) is 47.4 Å². The first kappa shape index (κ1) is 72.9. The Morgan fingerprint density at radius 2 is 1.51 bits per heavy atom. The molecule has 15 nitrogen and oxygen atoms in total. The van der Waals surface area contributed by atoms with Crippen molar-refractivity contribution < 1.29 is 72.6 Å². The molecular formula is C78H122O15. The van der Waals surface area contributed by atoms with Gasteiger partial charge in [0, 0.05) is 51.7 Å². The van der Waals surface area contributed by atoms with Gasteiger partial charge in [-0.1, -0.05) is 135 Å². The standard InChI is InChI=1S/C48H72O14.C30H50O/c1-11-25(2)43-28(5)17-18-47(62-43)23-34-20-33(61-47)16-15-27(4)42(26(3)13-12-14-32-24-55-45-40(49)29(6)19-35(46(51)58-34)48(32,45)52)59-39-22-37(54-10)44(31(8)57-39)60-38-21-36(53-9)41(50)30(7)56-38;1-20(2)10-9-11-21(3)22-14-18-30(8)24-12-13-25-27(4,5)26(31)16-17-28(25,6)23(24)15-19-29(22,30)7/h12-15,17-19,25-26,28,30-31,33-45,49-50,52H,11,16,20-24H2,1-10H3;10,21-22,25-26,31H,9,11-19H2,1-8H3. The van der Waals surface area contributed by atoms with Crippen LogP contribution in [0.1, 0.15) is 214 Å². The Morgan fingerprint density at radius 1 is 0.796 bits per heavy atom. The van der Waals surface area contributed by atoms with Gasteiger partial charge in [-0.25, -0.2) is 0 Å². The maximum absolute atomic E-state index is 14.3. The molecule has 0 aromatic rings. The highest BCUT2D eigenvalue weighted by molar-refractivity contribution is 5.78. The Labute approximate surface area is 558 Å². The van der Waals surface area contributed by atoms with Crippen LogP contribution in [-0.4, -0.2) is 151 Å². The van der Waals surface area contributed by atoms with Gasteiger partial charge < -0.3 is 67.8 Å². The van der Waals surface area contributed by atoms with Gasteiger partial charge in [0.25, 0.3) is 0 Å². The summed E-state index contributed by atoms with van der Waals surface area (Å²) in [6.45, 7) is 35.7. The number of esters is 1. The minimum Gasteiger partial charge on any atom is -0.462 e. The molecule has 93 heavy (non-hydrogen) atoms. The number of methoxy groups -OCH3 is 2. The van der Waals surface area contributed by atoms with Gasteiger partial charge in [0.1, 0.15) is 42.0 Å². The molecule has 0 aromatic heterocycles. The van der Waals surface area contributed by atoms with Crippen molar-refractivity contribution in [2.24, 2.45) is 63.1 Å². The van der Waals surface area contributed by atoms with E-state index in [1.165, 1.54) is 63.4 Å². The molecule has 0 radical (unpaired) electrons. The van der Waals surface area contributed by atoms with E-state index in [0.29, 0.717) is 65.4 Å². The summed E-state index contributed by atoms with van der Waals surface area (Å²) in [7, 11) is 3.22. The molecule has 27 unspecified atom stereocenters. The van der Waals surface area contributed by atoms with E-state index < -0.39 is 90.8 Å². The van der Waals surface area contributed by atoms with Crippen molar-refractivity contribution in [1.29, 1.82) is 0 Å². The van der Waals surface area contributed by atoms with E-state index >= 15 is 0 Å². The van der Waals surface area contributed by atoms with E-state index in [1.54, 1.807) is 40.2 Å². The summed E-state index contributed by atoms with van der Waals surface area (Å²) in [5.41, 5.74) is 6.54. The van der Waals surface area contributed by atoms with Crippen LogP contribution in [0.2, 0.25) is 0 Å². The predicted molar refractivity (Wildman–Crippen MR) is 360 cm³/mol. The Balaban J connectivity index is 0.000000254. The van der Waals surface area contributed by atoms with Gasteiger partial charge in [0.2, 0.25) is 0 Å². The smallest absolute Gasteiger partial charge is 0.316 e. The summed E-state index contributed by atoms with van der Waals surface area (Å²) in [5, 5.41) is 45.0. The summed E-state index contributed by atoms with van der Waals surface area (Å²) < 4.78 is 63.7. The van der Waals surface area contributed by atoms with Crippen LogP contribution in [0, 0.1) is 63.1 Å². The van der Waals surface area contributed by atoms with Crippen LogP contribution < -0.4 is 0 Å². The van der Waals surface area contributed by atoms with E-state index in [1.807, 2.05) is 43.2 Å². The highest BCUT2D eigenvalue weighted by atomic mass is 16.7. The molecule has 1 spiro atoms. The van der Waals surface area contributed by atoms with Gasteiger partial charge in [-0.3, -0.25) is 4.79 Å². The van der Waals surface area contributed by atoms with E-state index in [0.717, 1.165) is 30.3 Å². The van der Waals surface area contributed by atoms with Crippen LogP contribution in [0.3, 0.4) is 0 Å². The molecule has 0 amide bonds. The number of aliphatic hydroxyl groups is 4. The van der Waals surface area contributed by atoms with E-state index in [2.05, 4.69) is 101 Å². The van der Waals surface area contributed by atoms with Crippen molar-refractivity contribution in [1.82, 2.24) is 0 Å². The van der Waals surface area contributed by atoms with Crippen molar-refractivity contribution in [3.05, 3.63) is 82.0 Å². The molecule has 6 aliphatic heterocycles. The first-order chi connectivity index (χ1) is 43.9. The number of hydrogen-bond donors (Lipinski definition) is 4. The van der Waals surface area contributed by atoms with Gasteiger partial charge in [-0.05, 0) is 180 Å². The number of carbonyl (C=O) groups is 1. The second-order valence-corrected chi connectivity index (χ2v) is 32.5. The van der Waals surface area contributed by atoms with Crippen molar-refractivity contribution in [3.63, 3.8) is 0 Å². The zero-order valence-corrected chi connectivity index (χ0v) is 60.1. The lowest BCUT2D eigenvalue weighted by Gasteiger charge is -2.62. The Morgan fingerprint density at radius 3 is 2.22 bits per heavy atom. The lowest BCUT2D eigenvalue weighted by atomic mass is 9.43. The van der Waals surface area contributed by atoms with Gasteiger partial charge in [-0.15, -0.1) is 0 Å². The Kier molecular flexibility index (Phi) is 22.5. The molecular weight excluding hydrogens is 1180 g/mol. The lowest BCUT2D eigenvalue weighted by Crippen LogP contribution is -2.58. The molecule has 4 saturated heterocycles. The van der Waals surface area contributed by atoms with Crippen molar-refractivity contribution in [2.75, 3.05) is 20.8 Å². The zero-order valence-electron chi connectivity index (χ0n) is 60.1. The lowest BCUT2D eigenvalue weighted by molar-refractivity contribution is -0.318. The largest absolute Gasteiger partial charge is 0.462 e. The molecule has 6 heterocycles. The maximum atomic E-state index is 14.3. The van der Waals surface area contributed by atoms with Crippen LogP contribution in [0.25, 0.3) is 0 Å². The van der Waals surface area contributed by atoms with Gasteiger partial charge >= 0.3 is 5.97 Å². The van der Waals surface area contributed by atoms with Gasteiger partial charge in [0.15, 0.2) is 18.4 Å². The molecule has 6 fully saturated rings. The molecule has 4 N–H and O–H groups in total. The van der Waals surface area contributed by atoms with Crippen LogP contribution in [0.15, 0.2) is 82.0 Å². The van der Waals surface area contributed by atoms with Gasteiger partial charge in [0.05, 0.1) is 55.4 Å². The third-order valence-electron chi connectivity index (χ3n) is 26.2. The first-order valence-corrected chi connectivity index (χ1v) is 36.3. The number of hydrogen-bond acceptors (Lipinski definition) is 15. The number of allylic oxidation sites excluding steroid dienone is 6. The Hall–Kier alpha value is -2.87. The predicted octanol–water partition coefficient (Wildman–Crippen LogP) is 13.9. The van der Waals surface area contributed by atoms with Crippen LogP contribution in [-0.2, 0) is 52.2 Å². The normalized spacial score (nSPS) is 46.3. The number of carbonyl (C=O) groups excluding carboxylic acids is 1. The molecule has 2 saturated carbocycles. The summed E-state index contributed by atoms with van der Waals surface area (Å²) in [4.78, 5) is 14.3. The summed E-state index contributed by atoms with van der Waals surface area (Å²) in [5.74, 6) is -0.241. The third-order valence-corrected chi connectivity index (χ3v) is 26.2. The molecule has 524 valence electrons. The molecule has 5 aliphatic carbocycles. The summed E-state index contributed by atoms with van der Waals surface area (Å²) in [6, 6.07) is 0. The average Bonchev–Trinajstić information content (AvgIpc) is 1.67.